The van der Waals surface area contributed by atoms with E-state index in [-0.39, 0.29) is 6.03 Å². The number of rotatable bonds is 2. The maximum atomic E-state index is 11.8. The van der Waals surface area contributed by atoms with E-state index in [4.69, 9.17) is 0 Å². The predicted octanol–water partition coefficient (Wildman–Crippen LogP) is 3.34. The molecule has 0 saturated heterocycles. The molecular weight excluding hydrogens is 226 g/mol. The van der Waals surface area contributed by atoms with Crippen molar-refractivity contribution >= 4 is 17.5 Å². The Balaban J connectivity index is 2.03. The van der Waals surface area contributed by atoms with Gasteiger partial charge in [-0.15, -0.1) is 0 Å². The summed E-state index contributed by atoms with van der Waals surface area (Å²) in [5.41, 5.74) is 2.79. The molecule has 0 saturated carbocycles. The molecule has 0 aliphatic carbocycles. The average molecular weight is 241 g/mol. The van der Waals surface area contributed by atoms with E-state index in [1.54, 1.807) is 6.20 Å². The lowest BCUT2D eigenvalue weighted by atomic mass is 10.2. The molecule has 1 heterocycles. The number of aromatic nitrogens is 1. The standard InChI is InChI=1S/C14H15N3O/c1-10-5-3-7-12(9-10)16-14(18)17-13-11(2)6-4-8-15-13/h3-9H,1-2H3,(H2,15,16,17,18). The zero-order valence-electron chi connectivity index (χ0n) is 10.4. The van der Waals surface area contributed by atoms with Crippen LogP contribution in [0.25, 0.3) is 0 Å². The molecule has 0 unspecified atom stereocenters. The van der Waals surface area contributed by atoms with E-state index in [1.165, 1.54) is 0 Å². The van der Waals surface area contributed by atoms with Crippen LogP contribution >= 0.6 is 0 Å². The molecule has 0 atom stereocenters. The Labute approximate surface area is 106 Å². The number of pyridine rings is 1. The van der Waals surface area contributed by atoms with Gasteiger partial charge >= 0.3 is 6.03 Å². The monoisotopic (exact) mass is 241 g/mol. The lowest BCUT2D eigenvalue weighted by Crippen LogP contribution is -2.20. The van der Waals surface area contributed by atoms with Crippen LogP contribution in [0, 0.1) is 13.8 Å². The molecule has 0 bridgehead atoms. The van der Waals surface area contributed by atoms with Gasteiger partial charge in [0.15, 0.2) is 0 Å². The molecule has 2 N–H and O–H groups in total. The van der Waals surface area contributed by atoms with Crippen molar-refractivity contribution in [3.05, 3.63) is 53.7 Å². The van der Waals surface area contributed by atoms with Crippen LogP contribution < -0.4 is 10.6 Å². The van der Waals surface area contributed by atoms with E-state index >= 15 is 0 Å². The lowest BCUT2D eigenvalue weighted by molar-refractivity contribution is 0.262. The summed E-state index contributed by atoms with van der Waals surface area (Å²) in [5.74, 6) is 0.572. The molecule has 1 aromatic carbocycles. The Morgan fingerprint density at radius 1 is 1.11 bits per heavy atom. The van der Waals surface area contributed by atoms with E-state index in [0.717, 1.165) is 16.8 Å². The van der Waals surface area contributed by atoms with E-state index in [0.29, 0.717) is 5.82 Å². The number of anilines is 2. The molecule has 1 aromatic heterocycles. The normalized spacial score (nSPS) is 9.89. The summed E-state index contributed by atoms with van der Waals surface area (Å²) in [6.07, 6.45) is 1.65. The van der Waals surface area contributed by atoms with Crippen molar-refractivity contribution in [3.8, 4) is 0 Å². The Bertz CT molecular complexity index is 566. The highest BCUT2D eigenvalue weighted by Gasteiger charge is 2.05. The van der Waals surface area contributed by atoms with E-state index < -0.39 is 0 Å². The van der Waals surface area contributed by atoms with Gasteiger partial charge in [0.2, 0.25) is 0 Å². The first kappa shape index (κ1) is 12.1. The molecule has 0 aliphatic rings. The van der Waals surface area contributed by atoms with Crippen LogP contribution in [0.3, 0.4) is 0 Å². The van der Waals surface area contributed by atoms with Crippen LogP contribution in [-0.4, -0.2) is 11.0 Å². The molecule has 0 fully saturated rings. The van der Waals surface area contributed by atoms with Crippen LogP contribution in [0.1, 0.15) is 11.1 Å². The molecular formula is C14H15N3O. The van der Waals surface area contributed by atoms with Crippen molar-refractivity contribution in [2.75, 3.05) is 10.6 Å². The zero-order valence-corrected chi connectivity index (χ0v) is 10.4. The van der Waals surface area contributed by atoms with Crippen molar-refractivity contribution in [2.24, 2.45) is 0 Å². The van der Waals surface area contributed by atoms with Gasteiger partial charge in [0.05, 0.1) is 0 Å². The lowest BCUT2D eigenvalue weighted by Gasteiger charge is -2.09. The van der Waals surface area contributed by atoms with E-state index in [9.17, 15) is 4.79 Å². The molecule has 0 spiro atoms. The zero-order chi connectivity index (χ0) is 13.0. The van der Waals surface area contributed by atoms with Crippen molar-refractivity contribution in [2.45, 2.75) is 13.8 Å². The molecule has 2 amide bonds. The summed E-state index contributed by atoms with van der Waals surface area (Å²) in [5, 5.41) is 5.49. The summed E-state index contributed by atoms with van der Waals surface area (Å²) >= 11 is 0. The minimum absolute atomic E-state index is 0.289. The van der Waals surface area contributed by atoms with Gasteiger partial charge in [-0.1, -0.05) is 18.2 Å². The van der Waals surface area contributed by atoms with Crippen molar-refractivity contribution in [1.82, 2.24) is 4.98 Å². The minimum Gasteiger partial charge on any atom is -0.308 e. The maximum Gasteiger partial charge on any atom is 0.324 e. The highest BCUT2D eigenvalue weighted by Crippen LogP contribution is 2.12. The number of carbonyl (C=O) groups excluding carboxylic acids is 1. The fraction of sp³-hybridized carbons (Fsp3) is 0.143. The average Bonchev–Trinajstić information content (AvgIpc) is 2.32. The number of hydrogen-bond acceptors (Lipinski definition) is 2. The van der Waals surface area contributed by atoms with E-state index in [2.05, 4.69) is 15.6 Å². The fourth-order valence-electron chi connectivity index (χ4n) is 1.61. The van der Waals surface area contributed by atoms with Crippen molar-refractivity contribution in [3.63, 3.8) is 0 Å². The number of amides is 2. The second kappa shape index (κ2) is 5.31. The Morgan fingerprint density at radius 2 is 1.94 bits per heavy atom. The SMILES string of the molecule is Cc1cccc(NC(=O)Nc2ncccc2C)c1. The number of urea groups is 1. The number of carbonyl (C=O) groups is 1. The number of nitrogens with one attached hydrogen (secondary N) is 2. The fourth-order valence-corrected chi connectivity index (χ4v) is 1.61. The summed E-state index contributed by atoms with van der Waals surface area (Å²) in [6, 6.07) is 11.1. The minimum atomic E-state index is -0.289. The number of benzene rings is 1. The maximum absolute atomic E-state index is 11.8. The predicted molar refractivity (Wildman–Crippen MR) is 72.8 cm³/mol. The second-order valence-corrected chi connectivity index (χ2v) is 4.12. The third kappa shape index (κ3) is 3.07. The first-order valence-corrected chi connectivity index (χ1v) is 5.71. The van der Waals surface area contributed by atoms with Crippen molar-refractivity contribution in [1.29, 1.82) is 0 Å². The van der Waals surface area contributed by atoms with Gasteiger partial charge in [0, 0.05) is 11.9 Å². The van der Waals surface area contributed by atoms with Gasteiger partial charge < -0.3 is 5.32 Å². The molecule has 92 valence electrons. The van der Waals surface area contributed by atoms with Gasteiger partial charge in [-0.2, -0.15) is 0 Å². The first-order valence-electron chi connectivity index (χ1n) is 5.71. The molecule has 18 heavy (non-hydrogen) atoms. The van der Waals surface area contributed by atoms with Crippen LogP contribution in [0.2, 0.25) is 0 Å². The summed E-state index contributed by atoms with van der Waals surface area (Å²) in [6.45, 7) is 3.88. The number of aryl methyl sites for hydroxylation is 2. The molecule has 0 aliphatic heterocycles. The molecule has 4 heteroatoms. The van der Waals surface area contributed by atoms with Crippen LogP contribution in [-0.2, 0) is 0 Å². The van der Waals surface area contributed by atoms with Crippen LogP contribution in [0.15, 0.2) is 42.6 Å². The van der Waals surface area contributed by atoms with E-state index in [1.807, 2.05) is 50.2 Å². The van der Waals surface area contributed by atoms with Crippen molar-refractivity contribution < 1.29 is 4.79 Å². The largest absolute Gasteiger partial charge is 0.324 e. The van der Waals surface area contributed by atoms with Crippen LogP contribution in [0.5, 0.6) is 0 Å². The molecule has 2 rings (SSSR count). The quantitative estimate of drug-likeness (QED) is 0.847. The van der Waals surface area contributed by atoms with Gasteiger partial charge in [-0.05, 0) is 43.2 Å². The third-order valence-corrected chi connectivity index (χ3v) is 2.52. The summed E-state index contributed by atoms with van der Waals surface area (Å²) in [4.78, 5) is 15.9. The van der Waals surface area contributed by atoms with Gasteiger partial charge in [-0.3, -0.25) is 5.32 Å². The first-order chi connectivity index (χ1) is 8.65. The molecule has 2 aromatic rings. The second-order valence-electron chi connectivity index (χ2n) is 4.12. The Kier molecular flexibility index (Phi) is 3.57. The van der Waals surface area contributed by atoms with Gasteiger partial charge in [0.25, 0.3) is 0 Å². The Morgan fingerprint density at radius 3 is 2.67 bits per heavy atom. The highest BCUT2D eigenvalue weighted by molar-refractivity contribution is 5.99. The van der Waals surface area contributed by atoms with Gasteiger partial charge in [0.1, 0.15) is 5.82 Å². The van der Waals surface area contributed by atoms with Crippen LogP contribution in [0.4, 0.5) is 16.3 Å². The Hall–Kier alpha value is -2.36. The molecule has 4 nitrogen and oxygen atoms in total. The molecule has 0 radical (unpaired) electrons. The number of nitrogens with zero attached hydrogens (tertiary/aromatic N) is 1. The smallest absolute Gasteiger partial charge is 0.308 e. The summed E-state index contributed by atoms with van der Waals surface area (Å²) in [7, 11) is 0. The third-order valence-electron chi connectivity index (χ3n) is 2.52. The topological polar surface area (TPSA) is 54.0 Å². The number of hydrogen-bond donors (Lipinski definition) is 2. The summed E-state index contributed by atoms with van der Waals surface area (Å²) < 4.78 is 0. The van der Waals surface area contributed by atoms with Gasteiger partial charge in [-0.25, -0.2) is 9.78 Å². The highest BCUT2D eigenvalue weighted by atomic mass is 16.2.